The molecule has 2 nitrogen and oxygen atoms in total. The molecule has 0 amide bonds. The summed E-state index contributed by atoms with van der Waals surface area (Å²) in [7, 11) is 0. The van der Waals surface area contributed by atoms with E-state index in [1.165, 1.54) is 76.6 Å². The van der Waals surface area contributed by atoms with Gasteiger partial charge in [0.1, 0.15) is 0 Å². The number of benzene rings is 6. The van der Waals surface area contributed by atoms with Crippen molar-refractivity contribution in [2.45, 2.75) is 37.5 Å². The van der Waals surface area contributed by atoms with Gasteiger partial charge in [0.2, 0.25) is 0 Å². The van der Waals surface area contributed by atoms with Crippen LogP contribution in [0.2, 0.25) is 0 Å². The van der Waals surface area contributed by atoms with Crippen LogP contribution in [0.5, 0.6) is 0 Å². The van der Waals surface area contributed by atoms with Gasteiger partial charge < -0.3 is 0 Å². The molecular weight excluding hydrogens is 581 g/mol. The molecule has 1 spiro atoms. The lowest BCUT2D eigenvalue weighted by Crippen LogP contribution is -2.27. The Morgan fingerprint density at radius 3 is 1.67 bits per heavy atom. The quantitative estimate of drug-likeness (QED) is 0.192. The molecule has 1 heterocycles. The fourth-order valence-corrected chi connectivity index (χ4v) is 8.12. The lowest BCUT2D eigenvalue weighted by atomic mass is 9.68. The molecule has 1 aromatic heterocycles. The second-order valence-electron chi connectivity index (χ2n) is 13.3. The molecule has 0 atom stereocenters. The Hall–Kier alpha value is -5.60. The summed E-state index contributed by atoms with van der Waals surface area (Å²) in [6, 6.07) is 56.8. The Bertz CT molecular complexity index is 2250. The van der Waals surface area contributed by atoms with Gasteiger partial charge in [-0.15, -0.1) is 0 Å². The van der Waals surface area contributed by atoms with E-state index in [1.807, 2.05) is 18.2 Å². The maximum absolute atomic E-state index is 5.13. The van der Waals surface area contributed by atoms with Crippen LogP contribution in [0.15, 0.2) is 158 Å². The zero-order valence-corrected chi connectivity index (χ0v) is 26.9. The predicted octanol–water partition coefficient (Wildman–Crippen LogP) is 12.0. The van der Waals surface area contributed by atoms with Crippen molar-refractivity contribution >= 4 is 0 Å². The third-order valence-electron chi connectivity index (χ3n) is 10.5. The van der Waals surface area contributed by atoms with E-state index < -0.39 is 0 Å². The summed E-state index contributed by atoms with van der Waals surface area (Å²) in [4.78, 5) is 10.2. The van der Waals surface area contributed by atoms with Crippen LogP contribution in [0.1, 0.15) is 43.2 Å². The Kier molecular flexibility index (Phi) is 7.08. The van der Waals surface area contributed by atoms with Gasteiger partial charge in [-0.25, -0.2) is 9.97 Å². The molecule has 0 unspecified atom stereocenters. The molecule has 48 heavy (non-hydrogen) atoms. The first-order chi connectivity index (χ1) is 23.7. The molecule has 6 aromatic carbocycles. The van der Waals surface area contributed by atoms with Gasteiger partial charge in [-0.2, -0.15) is 0 Å². The third kappa shape index (κ3) is 4.96. The molecule has 2 aliphatic carbocycles. The Morgan fingerprint density at radius 2 is 0.896 bits per heavy atom. The molecular formula is C46H36N2. The lowest BCUT2D eigenvalue weighted by Gasteiger charge is -2.36. The average molecular weight is 617 g/mol. The highest BCUT2D eigenvalue weighted by molar-refractivity contribution is 5.86. The van der Waals surface area contributed by atoms with Crippen molar-refractivity contribution in [2.24, 2.45) is 0 Å². The van der Waals surface area contributed by atoms with Gasteiger partial charge in [0.25, 0.3) is 0 Å². The van der Waals surface area contributed by atoms with Crippen molar-refractivity contribution in [2.75, 3.05) is 0 Å². The van der Waals surface area contributed by atoms with E-state index in [4.69, 9.17) is 9.97 Å². The maximum Gasteiger partial charge on any atom is 0.160 e. The van der Waals surface area contributed by atoms with E-state index in [-0.39, 0.29) is 5.41 Å². The normalized spacial score (nSPS) is 14.4. The minimum absolute atomic E-state index is 0.176. The molecule has 0 N–H and O–H groups in total. The van der Waals surface area contributed by atoms with E-state index in [0.717, 1.165) is 33.9 Å². The van der Waals surface area contributed by atoms with Crippen LogP contribution in [0, 0.1) is 0 Å². The number of fused-ring (bicyclic) bond motifs is 5. The van der Waals surface area contributed by atoms with Gasteiger partial charge in [0.05, 0.1) is 11.4 Å². The molecule has 0 radical (unpaired) electrons. The van der Waals surface area contributed by atoms with E-state index in [9.17, 15) is 0 Å². The van der Waals surface area contributed by atoms with Crippen LogP contribution in [0.25, 0.3) is 67.3 Å². The molecule has 2 aliphatic rings. The zero-order chi connectivity index (χ0) is 31.9. The molecule has 0 saturated heterocycles. The number of rotatable bonds is 5. The summed E-state index contributed by atoms with van der Waals surface area (Å²) < 4.78 is 0. The minimum Gasteiger partial charge on any atom is -0.228 e. The van der Waals surface area contributed by atoms with Crippen LogP contribution >= 0.6 is 0 Å². The largest absolute Gasteiger partial charge is 0.228 e. The SMILES string of the molecule is c1ccc(-c2ccc(-c3cc(-c4cccc(-c5ccc6c(c5)-c5ccccc5C65CCCCC5)c4)nc(-c4ccccc4)n3)cc2)cc1. The number of hydrogen-bond acceptors (Lipinski definition) is 2. The van der Waals surface area contributed by atoms with Crippen LogP contribution in [-0.4, -0.2) is 9.97 Å². The molecule has 9 rings (SSSR count). The minimum atomic E-state index is 0.176. The van der Waals surface area contributed by atoms with Gasteiger partial charge in [-0.05, 0) is 75.5 Å². The van der Waals surface area contributed by atoms with Gasteiger partial charge in [-0.3, -0.25) is 0 Å². The zero-order valence-electron chi connectivity index (χ0n) is 26.9. The first-order valence-corrected chi connectivity index (χ1v) is 17.2. The highest BCUT2D eigenvalue weighted by Gasteiger charge is 2.43. The highest BCUT2D eigenvalue weighted by atomic mass is 14.9. The number of aromatic nitrogens is 2. The van der Waals surface area contributed by atoms with Gasteiger partial charge in [0.15, 0.2) is 5.82 Å². The van der Waals surface area contributed by atoms with E-state index in [2.05, 4.69) is 140 Å². The van der Waals surface area contributed by atoms with Crippen molar-refractivity contribution in [1.29, 1.82) is 0 Å². The van der Waals surface area contributed by atoms with Gasteiger partial charge >= 0.3 is 0 Å². The number of nitrogens with zero attached hydrogens (tertiary/aromatic N) is 2. The first-order valence-electron chi connectivity index (χ1n) is 17.2. The Labute approximate surface area is 282 Å². The van der Waals surface area contributed by atoms with Crippen LogP contribution in [0.4, 0.5) is 0 Å². The van der Waals surface area contributed by atoms with Crippen LogP contribution < -0.4 is 0 Å². The summed E-state index contributed by atoms with van der Waals surface area (Å²) >= 11 is 0. The molecule has 1 saturated carbocycles. The van der Waals surface area contributed by atoms with Crippen molar-refractivity contribution in [3.8, 4) is 67.3 Å². The maximum atomic E-state index is 5.13. The van der Waals surface area contributed by atoms with Crippen LogP contribution in [0.3, 0.4) is 0 Å². The molecule has 0 aliphatic heterocycles. The summed E-state index contributed by atoms with van der Waals surface area (Å²) in [5, 5.41) is 0. The van der Waals surface area contributed by atoms with Gasteiger partial charge in [0, 0.05) is 22.1 Å². The molecule has 230 valence electrons. The van der Waals surface area contributed by atoms with Crippen molar-refractivity contribution < 1.29 is 0 Å². The van der Waals surface area contributed by atoms with Crippen molar-refractivity contribution in [1.82, 2.24) is 9.97 Å². The molecule has 2 heteroatoms. The third-order valence-corrected chi connectivity index (χ3v) is 10.5. The van der Waals surface area contributed by atoms with Gasteiger partial charge in [-0.1, -0.05) is 159 Å². The fraction of sp³-hybridized carbons (Fsp3) is 0.130. The standard InChI is InChI=1S/C46H36N2/c1-4-13-32(14-5-1)33-21-23-34(24-22-33)43-31-44(48-45(47-43)35-15-6-2-7-16-35)38-18-12-17-36(29-38)37-25-26-42-40(30-37)39-19-8-9-20-41(39)46(42)27-10-3-11-28-46/h1-2,4-9,12-26,29-31H,3,10-11,27-28H2. The second-order valence-corrected chi connectivity index (χ2v) is 13.3. The predicted molar refractivity (Wildman–Crippen MR) is 199 cm³/mol. The summed E-state index contributed by atoms with van der Waals surface area (Å²) in [6.07, 6.45) is 6.46. The van der Waals surface area contributed by atoms with E-state index in [0.29, 0.717) is 0 Å². The summed E-state index contributed by atoms with van der Waals surface area (Å²) in [6.45, 7) is 0. The number of hydrogen-bond donors (Lipinski definition) is 0. The summed E-state index contributed by atoms with van der Waals surface area (Å²) in [5.41, 5.74) is 15.9. The molecule has 1 fully saturated rings. The topological polar surface area (TPSA) is 25.8 Å². The lowest BCUT2D eigenvalue weighted by molar-refractivity contribution is 0.353. The van der Waals surface area contributed by atoms with E-state index in [1.54, 1.807) is 0 Å². The second kappa shape index (κ2) is 11.9. The fourth-order valence-electron chi connectivity index (χ4n) is 8.12. The molecule has 7 aromatic rings. The van der Waals surface area contributed by atoms with Crippen LogP contribution in [-0.2, 0) is 5.41 Å². The van der Waals surface area contributed by atoms with E-state index >= 15 is 0 Å². The Balaban J connectivity index is 1.12. The smallest absolute Gasteiger partial charge is 0.160 e. The first kappa shape index (κ1) is 28.6. The molecule has 0 bridgehead atoms. The van der Waals surface area contributed by atoms with Crippen molar-refractivity contribution in [3.05, 3.63) is 169 Å². The average Bonchev–Trinajstić information content (AvgIpc) is 3.43. The Morgan fingerprint density at radius 1 is 0.354 bits per heavy atom. The van der Waals surface area contributed by atoms with Crippen molar-refractivity contribution in [3.63, 3.8) is 0 Å². The highest BCUT2D eigenvalue weighted by Crippen LogP contribution is 2.56. The monoisotopic (exact) mass is 616 g/mol. The summed E-state index contributed by atoms with van der Waals surface area (Å²) in [5.74, 6) is 0.729.